The van der Waals surface area contributed by atoms with Gasteiger partial charge in [0.2, 0.25) is 29.6 Å². The maximum Gasteiger partial charge on any atom is 0.254 e. The highest BCUT2D eigenvalue weighted by atomic mass is 16.5. The molecule has 2 saturated carbocycles. The average molecular weight is 803 g/mol. The lowest BCUT2D eigenvalue weighted by atomic mass is 10.1. The Balaban J connectivity index is 0.000000154. The average Bonchev–Trinajstić information content (AvgIpc) is 4.22. The van der Waals surface area contributed by atoms with Crippen molar-refractivity contribution in [1.29, 1.82) is 0 Å². The number of ether oxygens (including phenoxy) is 1. The second kappa shape index (κ2) is 16.9. The molecule has 0 spiro atoms. The lowest BCUT2D eigenvalue weighted by molar-refractivity contribution is -0.118. The maximum absolute atomic E-state index is 12.6. The highest BCUT2D eigenvalue weighted by Crippen LogP contribution is 2.31. The summed E-state index contributed by atoms with van der Waals surface area (Å²) in [5, 5.41) is 17.4. The Morgan fingerprint density at radius 3 is 1.62 bits per heavy atom. The van der Waals surface area contributed by atoms with Crippen LogP contribution in [-0.2, 0) is 25.5 Å². The summed E-state index contributed by atoms with van der Waals surface area (Å²) < 4.78 is 8.73. The van der Waals surface area contributed by atoms with Crippen LogP contribution in [0.15, 0.2) is 115 Å². The maximum atomic E-state index is 12.6. The van der Waals surface area contributed by atoms with E-state index in [1.54, 1.807) is 9.03 Å². The van der Waals surface area contributed by atoms with E-state index in [9.17, 15) is 19.2 Å². The minimum Gasteiger partial charge on any atom is -0.378 e. The number of aromatic nitrogens is 6. The number of pyridine rings is 2. The molecular weight excluding hydrogens is 761 g/mol. The fourth-order valence-corrected chi connectivity index (χ4v) is 6.91. The number of morpholine rings is 1. The number of carbonyl (C=O) groups is 4. The Hall–Kier alpha value is -7.26. The summed E-state index contributed by atoms with van der Waals surface area (Å²) in [7, 11) is 0. The molecule has 4 aromatic heterocycles. The number of anilines is 3. The van der Waals surface area contributed by atoms with Crippen LogP contribution in [0, 0.1) is 11.8 Å². The second-order valence-electron chi connectivity index (χ2n) is 15.0. The van der Waals surface area contributed by atoms with Crippen molar-refractivity contribution in [1.82, 2.24) is 34.1 Å². The summed E-state index contributed by atoms with van der Waals surface area (Å²) in [5.41, 5.74) is 7.19. The topological polar surface area (TPSA) is 177 Å². The molecule has 3 aliphatic rings. The van der Waals surface area contributed by atoms with E-state index in [-0.39, 0.29) is 35.5 Å². The third-order valence-corrected chi connectivity index (χ3v) is 10.5. The van der Waals surface area contributed by atoms with Gasteiger partial charge in [0.25, 0.3) is 5.91 Å². The minimum atomic E-state index is -0.0617. The number of amides is 4. The van der Waals surface area contributed by atoms with E-state index in [0.29, 0.717) is 61.5 Å². The number of nitrogens with one attached hydrogen (secondary N) is 3. The number of benzene rings is 3. The number of hydrogen-bond donors (Lipinski definition) is 3. The van der Waals surface area contributed by atoms with Crippen LogP contribution in [0.4, 0.5) is 17.6 Å². The van der Waals surface area contributed by atoms with Crippen LogP contribution in [-0.4, -0.2) is 84.0 Å². The van der Waals surface area contributed by atoms with Gasteiger partial charge < -0.3 is 15.0 Å². The van der Waals surface area contributed by atoms with Gasteiger partial charge in [0.1, 0.15) is 0 Å². The molecule has 3 fully saturated rings. The largest absolute Gasteiger partial charge is 0.378 e. The van der Waals surface area contributed by atoms with Crippen molar-refractivity contribution in [3.63, 3.8) is 0 Å². The fourth-order valence-electron chi connectivity index (χ4n) is 6.91. The molecule has 0 atom stereocenters. The predicted octanol–water partition coefficient (Wildman–Crippen LogP) is 6.14. The SMILES string of the molecule is O=C(Cc1ccccc1)Nc1ccc(-c2cccc3nc(NC(=O)C4CC4)nn23)cc1.O=C(Nc1nc2cccc(-c3ccc(C(=O)N4CCOCC4)cc3)n2n1)C1CC1. The quantitative estimate of drug-likeness (QED) is 0.147. The molecule has 4 amide bonds. The highest BCUT2D eigenvalue weighted by molar-refractivity contribution is 5.95. The van der Waals surface area contributed by atoms with Gasteiger partial charge in [-0.2, -0.15) is 9.97 Å². The molecule has 0 unspecified atom stereocenters. The second-order valence-corrected chi connectivity index (χ2v) is 15.0. The van der Waals surface area contributed by atoms with Crippen molar-refractivity contribution in [2.75, 3.05) is 42.3 Å². The van der Waals surface area contributed by atoms with Gasteiger partial charge in [0.05, 0.1) is 31.0 Å². The molecule has 302 valence electrons. The van der Waals surface area contributed by atoms with Crippen LogP contribution in [0.25, 0.3) is 33.8 Å². The number of carbonyl (C=O) groups excluding carboxylic acids is 4. The molecule has 2 aliphatic carbocycles. The monoisotopic (exact) mass is 802 g/mol. The highest BCUT2D eigenvalue weighted by Gasteiger charge is 2.31. The smallest absolute Gasteiger partial charge is 0.254 e. The first-order valence-corrected chi connectivity index (χ1v) is 20.1. The van der Waals surface area contributed by atoms with Crippen molar-refractivity contribution in [3.8, 4) is 22.5 Å². The summed E-state index contributed by atoms with van der Waals surface area (Å²) >= 11 is 0. The molecule has 3 aromatic carbocycles. The lowest BCUT2D eigenvalue weighted by Crippen LogP contribution is -2.40. The van der Waals surface area contributed by atoms with Gasteiger partial charge >= 0.3 is 0 Å². The summed E-state index contributed by atoms with van der Waals surface area (Å²) in [5.74, 6) is 0.731. The van der Waals surface area contributed by atoms with Gasteiger partial charge in [-0.05, 0) is 79.8 Å². The van der Waals surface area contributed by atoms with E-state index in [1.165, 1.54) is 0 Å². The summed E-state index contributed by atoms with van der Waals surface area (Å²) in [6, 6.07) is 36.1. The Morgan fingerprint density at radius 2 is 1.10 bits per heavy atom. The zero-order valence-electron chi connectivity index (χ0n) is 32.7. The van der Waals surface area contributed by atoms with Gasteiger partial charge in [0.15, 0.2) is 11.3 Å². The van der Waals surface area contributed by atoms with Gasteiger partial charge in [-0.1, -0.05) is 66.7 Å². The molecular formula is C45H42N10O5. The first-order valence-electron chi connectivity index (χ1n) is 20.1. The summed E-state index contributed by atoms with van der Waals surface area (Å²) in [6.07, 6.45) is 4.05. The van der Waals surface area contributed by atoms with E-state index in [2.05, 4.69) is 36.1 Å². The molecule has 1 aliphatic heterocycles. The Morgan fingerprint density at radius 1 is 0.583 bits per heavy atom. The van der Waals surface area contributed by atoms with Crippen molar-refractivity contribution in [3.05, 3.63) is 126 Å². The third kappa shape index (κ3) is 8.90. The number of nitrogens with zero attached hydrogens (tertiary/aromatic N) is 7. The van der Waals surface area contributed by atoms with Gasteiger partial charge in [-0.3, -0.25) is 29.8 Å². The van der Waals surface area contributed by atoms with E-state index in [0.717, 1.165) is 59.4 Å². The van der Waals surface area contributed by atoms with Crippen molar-refractivity contribution in [2.24, 2.45) is 11.8 Å². The van der Waals surface area contributed by atoms with Crippen LogP contribution >= 0.6 is 0 Å². The zero-order chi connectivity index (χ0) is 41.0. The molecule has 60 heavy (non-hydrogen) atoms. The standard InChI is InChI=1S/C24H21N5O2.C21H21N5O3/c30-22(15-16-5-2-1-3-6-16)25-19-13-11-17(12-14-19)20-7-4-8-21-26-24(28-29(20)21)27-23(31)18-9-10-18;27-19(15-6-7-15)23-21-22-18-3-1-2-17(26(18)24-21)14-4-8-16(9-5-14)20(28)25-10-12-29-13-11-25/h1-8,11-14,18H,9-10,15H2,(H,25,30)(H,27,28,31);1-5,8-9,15H,6-7,10-13H2,(H,23,24,27). The summed E-state index contributed by atoms with van der Waals surface area (Å²) in [6.45, 7) is 2.40. The molecule has 1 saturated heterocycles. The first-order chi connectivity index (χ1) is 29.3. The van der Waals surface area contributed by atoms with Crippen LogP contribution < -0.4 is 16.0 Å². The minimum absolute atomic E-state index is 0.0175. The van der Waals surface area contributed by atoms with Crippen LogP contribution in [0.2, 0.25) is 0 Å². The molecule has 3 N–H and O–H groups in total. The zero-order valence-corrected chi connectivity index (χ0v) is 32.7. The molecule has 15 nitrogen and oxygen atoms in total. The number of fused-ring (bicyclic) bond motifs is 2. The molecule has 0 radical (unpaired) electrons. The van der Waals surface area contributed by atoms with Gasteiger partial charge in [-0.15, -0.1) is 10.2 Å². The van der Waals surface area contributed by atoms with E-state index in [1.807, 2.05) is 120 Å². The van der Waals surface area contributed by atoms with E-state index >= 15 is 0 Å². The number of rotatable bonds is 10. The van der Waals surface area contributed by atoms with Gasteiger partial charge in [-0.25, -0.2) is 9.03 Å². The van der Waals surface area contributed by atoms with Crippen LogP contribution in [0.5, 0.6) is 0 Å². The van der Waals surface area contributed by atoms with Gasteiger partial charge in [0, 0.05) is 47.3 Å². The van der Waals surface area contributed by atoms with Crippen LogP contribution in [0.3, 0.4) is 0 Å². The third-order valence-electron chi connectivity index (χ3n) is 10.5. The molecule has 15 heteroatoms. The lowest BCUT2D eigenvalue weighted by Gasteiger charge is -2.26. The van der Waals surface area contributed by atoms with Crippen LogP contribution in [0.1, 0.15) is 41.6 Å². The van der Waals surface area contributed by atoms with E-state index in [4.69, 9.17) is 4.74 Å². The Labute approximate surface area is 344 Å². The summed E-state index contributed by atoms with van der Waals surface area (Å²) in [4.78, 5) is 59.5. The van der Waals surface area contributed by atoms with Crippen molar-refractivity contribution >= 4 is 52.5 Å². The molecule has 0 bridgehead atoms. The van der Waals surface area contributed by atoms with Crippen molar-refractivity contribution in [2.45, 2.75) is 32.1 Å². The molecule has 10 rings (SSSR count). The molecule has 7 aromatic rings. The number of hydrogen-bond acceptors (Lipinski definition) is 9. The fraction of sp³-hybridized carbons (Fsp3) is 0.244. The normalized spacial score (nSPS) is 14.9. The molecule has 5 heterocycles. The first kappa shape index (κ1) is 38.3. The Kier molecular flexibility index (Phi) is 10.8. The Bertz CT molecular complexity index is 2680. The van der Waals surface area contributed by atoms with Crippen molar-refractivity contribution < 1.29 is 23.9 Å². The predicted molar refractivity (Wildman–Crippen MR) is 225 cm³/mol. The van der Waals surface area contributed by atoms with E-state index < -0.39 is 0 Å².